The predicted octanol–water partition coefficient (Wildman–Crippen LogP) is 3.28. The highest BCUT2D eigenvalue weighted by atomic mass is 32.1. The van der Waals surface area contributed by atoms with Gasteiger partial charge in [-0.15, -0.1) is 20.4 Å². The van der Waals surface area contributed by atoms with E-state index in [1.165, 1.54) is 43.4 Å². The van der Waals surface area contributed by atoms with Crippen molar-refractivity contribution in [1.82, 2.24) is 30.7 Å². The third kappa shape index (κ3) is 4.03. The number of phenols is 1. The van der Waals surface area contributed by atoms with Crippen LogP contribution in [-0.2, 0) is 0 Å². The average Bonchev–Trinajstić information content (AvgIpc) is 3.54. The van der Waals surface area contributed by atoms with E-state index in [1.54, 1.807) is 18.3 Å². The number of piperidine rings is 2. The highest BCUT2D eigenvalue weighted by Crippen LogP contribution is 2.38. The van der Waals surface area contributed by atoms with Crippen LogP contribution in [0.1, 0.15) is 50.0 Å². The zero-order valence-electron chi connectivity index (χ0n) is 18.1. The quantitative estimate of drug-likeness (QED) is 0.590. The summed E-state index contributed by atoms with van der Waals surface area (Å²) in [6, 6.07) is 9.37. The second-order valence-electron chi connectivity index (χ2n) is 9.15. The van der Waals surface area contributed by atoms with Crippen LogP contribution in [0.15, 0.2) is 24.4 Å². The maximum atomic E-state index is 10.6. The van der Waals surface area contributed by atoms with Crippen molar-refractivity contribution in [2.24, 2.45) is 0 Å². The Morgan fingerprint density at radius 2 is 1.85 bits per heavy atom. The Morgan fingerprint density at radius 3 is 2.48 bits per heavy atom. The monoisotopic (exact) mass is 460 g/mol. The van der Waals surface area contributed by atoms with Crippen molar-refractivity contribution in [2.45, 2.75) is 69.1 Å². The average molecular weight is 461 g/mol. The number of benzene rings is 1. The second-order valence-corrected chi connectivity index (χ2v) is 10.1. The minimum Gasteiger partial charge on any atom is -0.507 e. The number of nitrogens with one attached hydrogen (secondary N) is 1. The van der Waals surface area contributed by atoms with Gasteiger partial charge >= 0.3 is 0 Å². The molecule has 3 fully saturated rings. The van der Waals surface area contributed by atoms with Crippen molar-refractivity contribution in [2.75, 3.05) is 4.90 Å². The van der Waals surface area contributed by atoms with E-state index < -0.39 is 0 Å². The normalized spacial score (nSPS) is 24.3. The van der Waals surface area contributed by atoms with Gasteiger partial charge in [-0.3, -0.25) is 0 Å². The Bertz CT molecular complexity index is 1190. The number of hydrogen-bond acceptors (Lipinski definition) is 10. The molecule has 0 radical (unpaired) electrons. The molecule has 3 aliphatic rings. The number of fused-ring (bicyclic) bond motifs is 2. The van der Waals surface area contributed by atoms with Gasteiger partial charge in [0.2, 0.25) is 5.01 Å². The van der Waals surface area contributed by atoms with Gasteiger partial charge in [0.25, 0.3) is 0 Å². The molecule has 2 N–H and O–H groups in total. The summed E-state index contributed by atoms with van der Waals surface area (Å²) in [5, 5.41) is 40.9. The van der Waals surface area contributed by atoms with Crippen molar-refractivity contribution in [3.8, 4) is 33.8 Å². The lowest BCUT2D eigenvalue weighted by molar-refractivity contribution is 0.215. The first-order valence-corrected chi connectivity index (χ1v) is 12.3. The first-order valence-electron chi connectivity index (χ1n) is 11.5. The largest absolute Gasteiger partial charge is 0.507 e. The van der Waals surface area contributed by atoms with Crippen molar-refractivity contribution in [1.29, 1.82) is 5.26 Å². The van der Waals surface area contributed by atoms with Gasteiger partial charge in [-0.1, -0.05) is 23.8 Å². The molecule has 1 aromatic carbocycles. The molecule has 3 atom stereocenters. The molecule has 6 rings (SSSR count). The number of rotatable bonds is 5. The number of aromatic hydroxyl groups is 1. The number of anilines is 1. The highest BCUT2D eigenvalue weighted by molar-refractivity contribution is 7.15. The SMILES string of the molecule is N#Cc1nnc(-c2ccc(-c3ncc(N(C4CC4)C4C[C@H]5CCC[C@@H](C4)N5)nn3)c(O)c2)s1. The lowest BCUT2D eigenvalue weighted by Gasteiger charge is -2.45. The first kappa shape index (κ1) is 20.4. The Morgan fingerprint density at radius 1 is 1.03 bits per heavy atom. The summed E-state index contributed by atoms with van der Waals surface area (Å²) in [6.45, 7) is 0. The predicted molar refractivity (Wildman–Crippen MR) is 124 cm³/mol. The minimum absolute atomic E-state index is 0.0426. The molecule has 9 nitrogen and oxygen atoms in total. The maximum Gasteiger partial charge on any atom is 0.218 e. The van der Waals surface area contributed by atoms with E-state index in [2.05, 4.69) is 35.6 Å². The molecule has 168 valence electrons. The zero-order valence-corrected chi connectivity index (χ0v) is 18.9. The van der Waals surface area contributed by atoms with Crippen molar-refractivity contribution >= 4 is 17.2 Å². The summed E-state index contributed by atoms with van der Waals surface area (Å²) >= 11 is 1.18. The van der Waals surface area contributed by atoms with Crippen LogP contribution in [-0.4, -0.2) is 54.7 Å². The third-order valence-electron chi connectivity index (χ3n) is 6.84. The van der Waals surface area contributed by atoms with Crippen LogP contribution in [0.5, 0.6) is 5.75 Å². The molecule has 10 heteroatoms. The fourth-order valence-electron chi connectivity index (χ4n) is 5.24. The van der Waals surface area contributed by atoms with Crippen LogP contribution >= 0.6 is 11.3 Å². The maximum absolute atomic E-state index is 10.6. The van der Waals surface area contributed by atoms with Gasteiger partial charge in [0.15, 0.2) is 11.6 Å². The summed E-state index contributed by atoms with van der Waals surface area (Å²) in [5.74, 6) is 1.26. The van der Waals surface area contributed by atoms with Gasteiger partial charge in [0, 0.05) is 29.7 Å². The molecule has 2 aliphatic heterocycles. The lowest BCUT2D eigenvalue weighted by Crippen LogP contribution is -2.55. The number of hydrogen-bond donors (Lipinski definition) is 2. The van der Waals surface area contributed by atoms with Gasteiger partial charge in [0.1, 0.15) is 16.8 Å². The summed E-state index contributed by atoms with van der Waals surface area (Å²) in [5.41, 5.74) is 1.20. The molecule has 1 saturated carbocycles. The van der Waals surface area contributed by atoms with E-state index >= 15 is 0 Å². The fourth-order valence-corrected chi connectivity index (χ4v) is 5.87. The lowest BCUT2D eigenvalue weighted by atomic mass is 9.83. The van der Waals surface area contributed by atoms with Crippen LogP contribution in [0.25, 0.3) is 22.0 Å². The first-order chi connectivity index (χ1) is 16.2. The van der Waals surface area contributed by atoms with Gasteiger partial charge in [0.05, 0.1) is 11.8 Å². The number of phenolic OH excluding ortho intramolecular Hbond substituents is 1. The van der Waals surface area contributed by atoms with E-state index in [1.807, 2.05) is 12.1 Å². The zero-order chi connectivity index (χ0) is 22.4. The topological polar surface area (TPSA) is 124 Å². The van der Waals surface area contributed by atoms with E-state index in [0.717, 1.165) is 18.7 Å². The Kier molecular flexibility index (Phi) is 5.15. The number of nitrogens with zero attached hydrogens (tertiary/aromatic N) is 7. The molecule has 0 amide bonds. The molecule has 2 saturated heterocycles. The number of aromatic nitrogens is 5. The summed E-state index contributed by atoms with van der Waals surface area (Å²) in [7, 11) is 0. The fraction of sp³-hybridized carbons (Fsp3) is 0.478. The molecule has 1 aliphatic carbocycles. The van der Waals surface area contributed by atoms with Gasteiger partial charge in [-0.25, -0.2) is 4.98 Å². The van der Waals surface area contributed by atoms with Crippen molar-refractivity contribution in [3.63, 3.8) is 0 Å². The molecule has 0 spiro atoms. The molecule has 3 aromatic rings. The standard InChI is InChI=1S/C23H24N8OS/c24-11-21-28-30-23(33-21)13-4-7-18(19(32)8-13)22-25-12-20(27-29-22)31(16-5-6-16)17-9-14-2-1-3-15(10-17)26-14/h4,7-8,12,14-17,26,32H,1-3,5-6,9-10H2/t14-,15+,17?. The van der Waals surface area contributed by atoms with Crippen molar-refractivity contribution in [3.05, 3.63) is 29.4 Å². The summed E-state index contributed by atoms with van der Waals surface area (Å²) < 4.78 is 0. The summed E-state index contributed by atoms with van der Waals surface area (Å²) in [4.78, 5) is 7.03. The van der Waals surface area contributed by atoms with E-state index in [4.69, 9.17) is 5.26 Å². The molecule has 2 aromatic heterocycles. The Labute approximate surface area is 195 Å². The smallest absolute Gasteiger partial charge is 0.218 e. The highest BCUT2D eigenvalue weighted by Gasteiger charge is 2.40. The minimum atomic E-state index is 0.0426. The molecule has 4 heterocycles. The Balaban J connectivity index is 1.24. The molecule has 1 unspecified atom stereocenters. The van der Waals surface area contributed by atoms with Crippen LogP contribution in [0.4, 0.5) is 5.82 Å². The summed E-state index contributed by atoms with van der Waals surface area (Å²) in [6.07, 6.45) is 10.4. The van der Waals surface area contributed by atoms with E-state index in [-0.39, 0.29) is 10.8 Å². The van der Waals surface area contributed by atoms with Crippen molar-refractivity contribution < 1.29 is 5.11 Å². The van der Waals surface area contributed by atoms with Gasteiger partial charge in [-0.2, -0.15) is 5.26 Å². The van der Waals surface area contributed by atoms with Crippen LogP contribution < -0.4 is 10.2 Å². The molecular formula is C23H24N8OS. The third-order valence-corrected chi connectivity index (χ3v) is 7.72. The van der Waals surface area contributed by atoms with E-state index in [0.29, 0.717) is 46.1 Å². The van der Waals surface area contributed by atoms with Crippen LogP contribution in [0, 0.1) is 11.3 Å². The Hall–Kier alpha value is -3.16. The van der Waals surface area contributed by atoms with E-state index in [9.17, 15) is 5.11 Å². The van der Waals surface area contributed by atoms with Crippen LogP contribution in [0.3, 0.4) is 0 Å². The second kappa shape index (κ2) is 8.32. The number of nitriles is 1. The van der Waals surface area contributed by atoms with Crippen LogP contribution in [0.2, 0.25) is 0 Å². The van der Waals surface area contributed by atoms with Gasteiger partial charge < -0.3 is 15.3 Å². The molecule has 33 heavy (non-hydrogen) atoms. The molecular weight excluding hydrogens is 436 g/mol. The molecule has 2 bridgehead atoms. The van der Waals surface area contributed by atoms with Gasteiger partial charge in [-0.05, 0) is 50.7 Å².